The SMILES string of the molecule is O=C(c1ccco1)N1CCC(S(=O)(=O)Cc2ccco2)C1. The summed E-state index contributed by atoms with van der Waals surface area (Å²) in [6.07, 6.45) is 3.32. The van der Waals surface area contributed by atoms with Crippen molar-refractivity contribution in [1.82, 2.24) is 4.90 Å². The number of furan rings is 2. The van der Waals surface area contributed by atoms with Gasteiger partial charge in [0.1, 0.15) is 11.5 Å². The molecule has 1 fully saturated rings. The van der Waals surface area contributed by atoms with E-state index in [1.807, 2.05) is 0 Å². The molecule has 0 radical (unpaired) electrons. The Hall–Kier alpha value is -2.02. The van der Waals surface area contributed by atoms with E-state index in [0.29, 0.717) is 18.7 Å². The van der Waals surface area contributed by atoms with Crippen LogP contribution in [0.15, 0.2) is 45.6 Å². The summed E-state index contributed by atoms with van der Waals surface area (Å²) in [5, 5.41) is -0.554. The fourth-order valence-corrected chi connectivity index (χ4v) is 4.14. The maximum atomic E-state index is 12.3. The molecule has 1 amide bonds. The quantitative estimate of drug-likeness (QED) is 0.858. The first-order valence-electron chi connectivity index (χ1n) is 6.63. The fourth-order valence-electron chi connectivity index (χ4n) is 2.47. The topological polar surface area (TPSA) is 80.7 Å². The molecule has 1 unspecified atom stereocenters. The van der Waals surface area contributed by atoms with Crippen LogP contribution in [-0.4, -0.2) is 37.6 Å². The smallest absolute Gasteiger partial charge is 0.289 e. The minimum atomic E-state index is -3.34. The monoisotopic (exact) mass is 309 g/mol. The van der Waals surface area contributed by atoms with E-state index in [0.717, 1.165) is 0 Å². The summed E-state index contributed by atoms with van der Waals surface area (Å²) in [5.74, 6) is 0.258. The predicted molar refractivity (Wildman–Crippen MR) is 74.3 cm³/mol. The molecule has 0 bridgehead atoms. The maximum absolute atomic E-state index is 12.3. The van der Waals surface area contributed by atoms with Crippen molar-refractivity contribution in [3.63, 3.8) is 0 Å². The highest BCUT2D eigenvalue weighted by Crippen LogP contribution is 2.22. The number of sulfone groups is 1. The van der Waals surface area contributed by atoms with Gasteiger partial charge in [-0.1, -0.05) is 0 Å². The lowest BCUT2D eigenvalue weighted by atomic mass is 10.4. The molecule has 1 saturated heterocycles. The lowest BCUT2D eigenvalue weighted by molar-refractivity contribution is 0.0761. The lowest BCUT2D eigenvalue weighted by Crippen LogP contribution is -2.32. The summed E-state index contributed by atoms with van der Waals surface area (Å²) in [7, 11) is -3.34. The number of hydrogen-bond donors (Lipinski definition) is 0. The predicted octanol–water partition coefficient (Wildman–Crippen LogP) is 1.70. The second-order valence-electron chi connectivity index (χ2n) is 5.03. The maximum Gasteiger partial charge on any atom is 0.289 e. The second kappa shape index (κ2) is 5.40. The van der Waals surface area contributed by atoms with E-state index in [4.69, 9.17) is 8.83 Å². The zero-order valence-corrected chi connectivity index (χ0v) is 12.1. The Labute approximate surface area is 122 Å². The average Bonchev–Trinajstić information content (AvgIpc) is 3.19. The molecule has 0 aliphatic carbocycles. The minimum Gasteiger partial charge on any atom is -0.468 e. The van der Waals surface area contributed by atoms with Crippen LogP contribution >= 0.6 is 0 Å². The molecule has 112 valence electrons. The first-order valence-corrected chi connectivity index (χ1v) is 8.34. The molecule has 1 aliphatic rings. The molecule has 6 nitrogen and oxygen atoms in total. The Balaban J connectivity index is 1.68. The Bertz CT molecular complexity index is 703. The molecule has 2 aromatic heterocycles. The van der Waals surface area contributed by atoms with Gasteiger partial charge in [0.05, 0.1) is 17.8 Å². The normalized spacial score (nSPS) is 19.0. The molecule has 0 aromatic carbocycles. The number of carbonyl (C=O) groups excluding carboxylic acids is 1. The van der Waals surface area contributed by atoms with Gasteiger partial charge in [-0.05, 0) is 30.7 Å². The summed E-state index contributed by atoms with van der Waals surface area (Å²) in [6, 6.07) is 6.51. The summed E-state index contributed by atoms with van der Waals surface area (Å²) >= 11 is 0. The van der Waals surface area contributed by atoms with Crippen LogP contribution in [0.4, 0.5) is 0 Å². The number of rotatable bonds is 4. The van der Waals surface area contributed by atoms with Crippen molar-refractivity contribution < 1.29 is 22.0 Å². The van der Waals surface area contributed by atoms with Crippen LogP contribution in [0.5, 0.6) is 0 Å². The van der Waals surface area contributed by atoms with E-state index >= 15 is 0 Å². The van der Waals surface area contributed by atoms with Crippen LogP contribution in [-0.2, 0) is 15.6 Å². The van der Waals surface area contributed by atoms with Gasteiger partial charge in [0, 0.05) is 13.1 Å². The Morgan fingerprint density at radius 1 is 1.24 bits per heavy atom. The largest absolute Gasteiger partial charge is 0.468 e. The van der Waals surface area contributed by atoms with Gasteiger partial charge in [0.25, 0.3) is 5.91 Å². The van der Waals surface area contributed by atoms with Crippen molar-refractivity contribution >= 4 is 15.7 Å². The van der Waals surface area contributed by atoms with Gasteiger partial charge in [-0.3, -0.25) is 4.79 Å². The van der Waals surface area contributed by atoms with Crippen LogP contribution < -0.4 is 0 Å². The molecule has 21 heavy (non-hydrogen) atoms. The molecule has 3 rings (SSSR count). The summed E-state index contributed by atoms with van der Waals surface area (Å²) in [6.45, 7) is 0.615. The van der Waals surface area contributed by atoms with Gasteiger partial charge >= 0.3 is 0 Å². The molecule has 0 N–H and O–H groups in total. The number of hydrogen-bond acceptors (Lipinski definition) is 5. The molecule has 0 saturated carbocycles. The molecule has 7 heteroatoms. The second-order valence-corrected chi connectivity index (χ2v) is 7.31. The van der Waals surface area contributed by atoms with Crippen molar-refractivity contribution in [3.8, 4) is 0 Å². The Morgan fingerprint density at radius 3 is 2.67 bits per heavy atom. The third kappa shape index (κ3) is 2.87. The number of carbonyl (C=O) groups is 1. The van der Waals surface area contributed by atoms with Gasteiger partial charge in [0.2, 0.25) is 0 Å². The van der Waals surface area contributed by atoms with Crippen molar-refractivity contribution in [2.75, 3.05) is 13.1 Å². The van der Waals surface area contributed by atoms with E-state index in [1.54, 1.807) is 24.3 Å². The molecule has 3 heterocycles. The molecule has 2 aromatic rings. The third-order valence-corrected chi connectivity index (χ3v) is 5.68. The number of nitrogens with zero attached hydrogens (tertiary/aromatic N) is 1. The van der Waals surface area contributed by atoms with Crippen LogP contribution in [0, 0.1) is 0 Å². The zero-order valence-electron chi connectivity index (χ0n) is 11.3. The Morgan fingerprint density at radius 2 is 2.00 bits per heavy atom. The van der Waals surface area contributed by atoms with Crippen LogP contribution in [0.25, 0.3) is 0 Å². The molecule has 1 aliphatic heterocycles. The first kappa shape index (κ1) is 13.9. The highest BCUT2D eigenvalue weighted by molar-refractivity contribution is 7.91. The minimum absolute atomic E-state index is 0.131. The van der Waals surface area contributed by atoms with Gasteiger partial charge < -0.3 is 13.7 Å². The number of likely N-dealkylation sites (tertiary alicyclic amines) is 1. The summed E-state index contributed by atoms with van der Waals surface area (Å²) in [5.41, 5.74) is 0. The zero-order chi connectivity index (χ0) is 14.9. The lowest BCUT2D eigenvalue weighted by Gasteiger charge is -2.15. The van der Waals surface area contributed by atoms with Gasteiger partial charge in [-0.25, -0.2) is 8.42 Å². The molecular formula is C14H15NO5S. The van der Waals surface area contributed by atoms with Crippen molar-refractivity contribution in [2.24, 2.45) is 0 Å². The summed E-state index contributed by atoms with van der Waals surface area (Å²) in [4.78, 5) is 13.6. The molecule has 1 atom stereocenters. The van der Waals surface area contributed by atoms with Crippen molar-refractivity contribution in [2.45, 2.75) is 17.4 Å². The van der Waals surface area contributed by atoms with Crippen LogP contribution in [0.3, 0.4) is 0 Å². The standard InChI is InChI=1S/C14H15NO5S/c16-14(13-4-2-8-20-13)15-6-5-12(9-15)21(17,18)10-11-3-1-7-19-11/h1-4,7-8,12H,5-6,9-10H2. The third-order valence-electron chi connectivity index (χ3n) is 3.60. The van der Waals surface area contributed by atoms with E-state index in [1.165, 1.54) is 17.4 Å². The van der Waals surface area contributed by atoms with E-state index in [9.17, 15) is 13.2 Å². The van der Waals surface area contributed by atoms with Crippen molar-refractivity contribution in [3.05, 3.63) is 48.3 Å². The van der Waals surface area contributed by atoms with Gasteiger partial charge in [-0.15, -0.1) is 0 Å². The van der Waals surface area contributed by atoms with Gasteiger partial charge in [0.15, 0.2) is 15.6 Å². The van der Waals surface area contributed by atoms with E-state index in [2.05, 4.69) is 0 Å². The molecular weight excluding hydrogens is 294 g/mol. The van der Waals surface area contributed by atoms with E-state index in [-0.39, 0.29) is 24.0 Å². The average molecular weight is 309 g/mol. The number of amides is 1. The Kier molecular flexibility index (Phi) is 3.59. The van der Waals surface area contributed by atoms with Crippen LogP contribution in [0.2, 0.25) is 0 Å². The van der Waals surface area contributed by atoms with Crippen LogP contribution in [0.1, 0.15) is 22.7 Å². The first-order chi connectivity index (χ1) is 10.1. The summed E-state index contributed by atoms with van der Waals surface area (Å²) < 4.78 is 34.8. The van der Waals surface area contributed by atoms with Gasteiger partial charge in [-0.2, -0.15) is 0 Å². The highest BCUT2D eigenvalue weighted by Gasteiger charge is 2.36. The van der Waals surface area contributed by atoms with Crippen molar-refractivity contribution in [1.29, 1.82) is 0 Å². The highest BCUT2D eigenvalue weighted by atomic mass is 32.2. The van der Waals surface area contributed by atoms with E-state index < -0.39 is 15.1 Å². The molecule has 0 spiro atoms. The fraction of sp³-hybridized carbons (Fsp3) is 0.357.